The first-order valence-corrected chi connectivity index (χ1v) is 6.97. The molecule has 0 saturated heterocycles. The zero-order valence-corrected chi connectivity index (χ0v) is 13.0. The lowest BCUT2D eigenvalue weighted by atomic mass is 10.1. The van der Waals surface area contributed by atoms with Crippen LogP contribution in [0.3, 0.4) is 0 Å². The van der Waals surface area contributed by atoms with E-state index in [0.29, 0.717) is 18.1 Å². The number of aromatic nitrogens is 1. The van der Waals surface area contributed by atoms with Gasteiger partial charge in [0.25, 0.3) is 0 Å². The largest absolute Gasteiger partial charge is 0.443 e. The van der Waals surface area contributed by atoms with E-state index >= 15 is 0 Å². The van der Waals surface area contributed by atoms with E-state index in [2.05, 4.69) is 10.3 Å². The summed E-state index contributed by atoms with van der Waals surface area (Å²) in [7, 11) is 0. The molecule has 2 aromatic rings. The van der Waals surface area contributed by atoms with Gasteiger partial charge in [0.1, 0.15) is 6.26 Å². The van der Waals surface area contributed by atoms with Crippen LogP contribution in [0.15, 0.2) is 28.2 Å². The Morgan fingerprint density at radius 1 is 1.55 bits per heavy atom. The van der Waals surface area contributed by atoms with Crippen molar-refractivity contribution in [3.05, 3.63) is 29.5 Å². The zero-order chi connectivity index (χ0) is 13.8. The van der Waals surface area contributed by atoms with Crippen molar-refractivity contribution < 1.29 is 9.21 Å². The van der Waals surface area contributed by atoms with Gasteiger partial charge in [-0.3, -0.25) is 4.79 Å². The van der Waals surface area contributed by atoms with E-state index in [9.17, 15) is 4.79 Å². The maximum Gasteiger partial charge on any atom is 0.237 e. The van der Waals surface area contributed by atoms with Gasteiger partial charge in [-0.2, -0.15) is 0 Å². The van der Waals surface area contributed by atoms with E-state index in [4.69, 9.17) is 10.2 Å². The van der Waals surface area contributed by atoms with Crippen LogP contribution in [0.25, 0.3) is 10.8 Å². The van der Waals surface area contributed by atoms with Crippen LogP contribution >= 0.6 is 23.7 Å². The van der Waals surface area contributed by atoms with Crippen molar-refractivity contribution >= 4 is 29.7 Å². The van der Waals surface area contributed by atoms with E-state index in [1.807, 2.05) is 31.4 Å². The van der Waals surface area contributed by atoms with Crippen LogP contribution in [-0.4, -0.2) is 16.9 Å². The number of nitrogens with one attached hydrogen (secondary N) is 1. The molecule has 0 fully saturated rings. The second kappa shape index (κ2) is 7.42. The number of carbonyl (C=O) groups excluding carboxylic acids is 1. The second-order valence-electron chi connectivity index (χ2n) is 4.61. The number of nitrogens with zero attached hydrogens (tertiary/aromatic N) is 1. The number of halogens is 1. The molecular formula is C13H18ClN3O2S. The van der Waals surface area contributed by atoms with Gasteiger partial charge >= 0.3 is 0 Å². The van der Waals surface area contributed by atoms with Crippen molar-refractivity contribution in [2.24, 2.45) is 11.7 Å². The van der Waals surface area contributed by atoms with E-state index in [0.717, 1.165) is 4.88 Å². The highest BCUT2D eigenvalue weighted by atomic mass is 35.5. The molecule has 7 heteroatoms. The van der Waals surface area contributed by atoms with Gasteiger partial charge in [-0.1, -0.05) is 19.9 Å². The molecule has 0 spiro atoms. The molecule has 3 N–H and O–H groups in total. The van der Waals surface area contributed by atoms with Gasteiger partial charge in [0.15, 0.2) is 0 Å². The summed E-state index contributed by atoms with van der Waals surface area (Å²) >= 11 is 1.56. The summed E-state index contributed by atoms with van der Waals surface area (Å²) in [6, 6.07) is 3.38. The summed E-state index contributed by atoms with van der Waals surface area (Å²) in [5, 5.41) is 4.72. The SMILES string of the molecule is CC(C)[C@H](N)C(=O)NCc1coc(-c2cccs2)n1.Cl. The minimum atomic E-state index is -0.497. The topological polar surface area (TPSA) is 81.2 Å². The monoisotopic (exact) mass is 315 g/mol. The van der Waals surface area contributed by atoms with Gasteiger partial charge < -0.3 is 15.5 Å². The van der Waals surface area contributed by atoms with Gasteiger partial charge in [0.2, 0.25) is 11.8 Å². The highest BCUT2D eigenvalue weighted by Gasteiger charge is 2.17. The van der Waals surface area contributed by atoms with Crippen LogP contribution in [0, 0.1) is 5.92 Å². The van der Waals surface area contributed by atoms with Gasteiger partial charge in [-0.05, 0) is 17.4 Å². The predicted octanol–water partition coefficient (Wildman–Crippen LogP) is 2.42. The fourth-order valence-corrected chi connectivity index (χ4v) is 2.16. The van der Waals surface area contributed by atoms with Crippen LogP contribution in [0.2, 0.25) is 0 Å². The molecule has 0 unspecified atom stereocenters. The molecule has 0 radical (unpaired) electrons. The fourth-order valence-electron chi connectivity index (χ4n) is 1.50. The highest BCUT2D eigenvalue weighted by Crippen LogP contribution is 2.23. The number of oxazole rings is 1. The Balaban J connectivity index is 0.00000200. The molecule has 1 amide bonds. The van der Waals surface area contributed by atoms with Gasteiger partial charge in [-0.25, -0.2) is 4.98 Å². The van der Waals surface area contributed by atoms with Crippen molar-refractivity contribution in [3.63, 3.8) is 0 Å². The number of hydrogen-bond donors (Lipinski definition) is 2. The summed E-state index contributed by atoms with van der Waals surface area (Å²) in [6.07, 6.45) is 1.55. The summed E-state index contributed by atoms with van der Waals surface area (Å²) in [5.74, 6) is 0.516. The molecular weight excluding hydrogens is 298 g/mol. The van der Waals surface area contributed by atoms with Crippen molar-refractivity contribution in [2.45, 2.75) is 26.4 Å². The minimum Gasteiger partial charge on any atom is -0.443 e. The third kappa shape index (κ3) is 4.06. The zero-order valence-electron chi connectivity index (χ0n) is 11.3. The summed E-state index contributed by atoms with van der Waals surface area (Å²) in [6.45, 7) is 4.15. The normalized spacial score (nSPS) is 12.0. The van der Waals surface area contributed by atoms with Crippen LogP contribution in [0.5, 0.6) is 0 Å². The lowest BCUT2D eigenvalue weighted by molar-refractivity contribution is -0.123. The Labute approximate surface area is 128 Å². The molecule has 0 saturated carbocycles. The first-order chi connectivity index (χ1) is 9.08. The van der Waals surface area contributed by atoms with E-state index in [1.165, 1.54) is 0 Å². The Kier molecular flexibility index (Phi) is 6.19. The molecule has 0 aliphatic rings. The number of nitrogens with two attached hydrogens (primary N) is 1. The maximum atomic E-state index is 11.7. The van der Waals surface area contributed by atoms with Crippen LogP contribution in [0.4, 0.5) is 0 Å². The minimum absolute atomic E-state index is 0. The number of thiophene rings is 1. The average Bonchev–Trinajstić information content (AvgIpc) is 3.04. The number of amides is 1. The summed E-state index contributed by atoms with van der Waals surface area (Å²) in [4.78, 5) is 17.0. The smallest absolute Gasteiger partial charge is 0.237 e. The lowest BCUT2D eigenvalue weighted by Crippen LogP contribution is -2.43. The Morgan fingerprint density at radius 3 is 2.90 bits per heavy atom. The van der Waals surface area contributed by atoms with Gasteiger partial charge in [0.05, 0.1) is 23.2 Å². The first kappa shape index (κ1) is 16.7. The molecule has 2 heterocycles. The van der Waals surface area contributed by atoms with E-state index < -0.39 is 6.04 Å². The molecule has 20 heavy (non-hydrogen) atoms. The third-order valence-electron chi connectivity index (χ3n) is 2.75. The molecule has 0 aromatic carbocycles. The first-order valence-electron chi connectivity index (χ1n) is 6.09. The summed E-state index contributed by atoms with van der Waals surface area (Å²) in [5.41, 5.74) is 6.44. The third-order valence-corrected chi connectivity index (χ3v) is 3.61. The maximum absolute atomic E-state index is 11.7. The number of rotatable bonds is 5. The second-order valence-corrected chi connectivity index (χ2v) is 5.56. The molecule has 0 bridgehead atoms. The standard InChI is InChI=1S/C13H17N3O2S.ClH/c1-8(2)11(14)12(17)15-6-9-7-18-13(16-9)10-4-3-5-19-10;/h3-5,7-8,11H,6,14H2,1-2H3,(H,15,17);1H/t11-;/m0./s1. The van der Waals surface area contributed by atoms with Crippen molar-refractivity contribution in [2.75, 3.05) is 0 Å². The highest BCUT2D eigenvalue weighted by molar-refractivity contribution is 7.13. The number of hydrogen-bond acceptors (Lipinski definition) is 5. The van der Waals surface area contributed by atoms with Crippen LogP contribution < -0.4 is 11.1 Å². The van der Waals surface area contributed by atoms with Crippen LogP contribution in [-0.2, 0) is 11.3 Å². The van der Waals surface area contributed by atoms with Crippen molar-refractivity contribution in [1.29, 1.82) is 0 Å². The summed E-state index contributed by atoms with van der Waals surface area (Å²) < 4.78 is 5.37. The van der Waals surface area contributed by atoms with E-state index in [-0.39, 0.29) is 24.2 Å². The molecule has 2 aromatic heterocycles. The average molecular weight is 316 g/mol. The molecule has 1 atom stereocenters. The lowest BCUT2D eigenvalue weighted by Gasteiger charge is -2.14. The molecule has 2 rings (SSSR count). The van der Waals surface area contributed by atoms with E-state index in [1.54, 1.807) is 17.6 Å². The van der Waals surface area contributed by atoms with Crippen molar-refractivity contribution in [3.8, 4) is 10.8 Å². The molecule has 0 aliphatic carbocycles. The van der Waals surface area contributed by atoms with Gasteiger partial charge in [-0.15, -0.1) is 23.7 Å². The Bertz CT molecular complexity index is 540. The molecule has 5 nitrogen and oxygen atoms in total. The molecule has 110 valence electrons. The predicted molar refractivity (Wildman–Crippen MR) is 81.7 cm³/mol. The van der Waals surface area contributed by atoms with Crippen LogP contribution in [0.1, 0.15) is 19.5 Å². The van der Waals surface area contributed by atoms with Crippen molar-refractivity contribution in [1.82, 2.24) is 10.3 Å². The number of carbonyl (C=O) groups is 1. The quantitative estimate of drug-likeness (QED) is 0.888. The van der Waals surface area contributed by atoms with Gasteiger partial charge in [0, 0.05) is 0 Å². The Morgan fingerprint density at radius 2 is 2.30 bits per heavy atom. The molecule has 0 aliphatic heterocycles. The fraction of sp³-hybridized carbons (Fsp3) is 0.385. The Hall–Kier alpha value is -1.37.